The van der Waals surface area contributed by atoms with Crippen LogP contribution in [0.2, 0.25) is 0 Å². The van der Waals surface area contributed by atoms with Crippen molar-refractivity contribution in [2.75, 3.05) is 31.3 Å². The fourth-order valence-corrected chi connectivity index (χ4v) is 3.07. The molecule has 2 atom stereocenters. The quantitative estimate of drug-likeness (QED) is 0.702. The molecule has 0 aromatic rings. The molecule has 0 aromatic heterocycles. The smallest absolute Gasteiger partial charge is 0.150 e. The third kappa shape index (κ3) is 6.13. The van der Waals surface area contributed by atoms with Crippen LogP contribution in [-0.2, 0) is 14.6 Å². The summed E-state index contributed by atoms with van der Waals surface area (Å²) in [6.07, 6.45) is 1.61. The van der Waals surface area contributed by atoms with Crippen molar-refractivity contribution in [1.29, 1.82) is 0 Å². The zero-order chi connectivity index (χ0) is 13.6. The highest BCUT2D eigenvalue weighted by molar-refractivity contribution is 7.91. The Morgan fingerprint density at radius 2 is 2.22 bits per heavy atom. The Morgan fingerprint density at radius 3 is 2.78 bits per heavy atom. The van der Waals surface area contributed by atoms with E-state index >= 15 is 0 Å². The van der Waals surface area contributed by atoms with Crippen LogP contribution in [0.5, 0.6) is 0 Å². The Hall–Kier alpha value is -0.170. The molecule has 0 amide bonds. The maximum absolute atomic E-state index is 11.4. The van der Waals surface area contributed by atoms with Gasteiger partial charge >= 0.3 is 0 Å². The summed E-state index contributed by atoms with van der Waals surface area (Å²) in [6.45, 7) is 5.56. The van der Waals surface area contributed by atoms with E-state index in [2.05, 4.69) is 5.32 Å². The van der Waals surface area contributed by atoms with E-state index in [4.69, 9.17) is 4.74 Å². The van der Waals surface area contributed by atoms with Gasteiger partial charge < -0.3 is 15.2 Å². The zero-order valence-corrected chi connectivity index (χ0v) is 12.1. The van der Waals surface area contributed by atoms with E-state index in [0.717, 1.165) is 6.54 Å². The van der Waals surface area contributed by atoms with E-state index in [1.54, 1.807) is 13.8 Å². The van der Waals surface area contributed by atoms with Gasteiger partial charge in [-0.15, -0.1) is 0 Å². The molecular formula is C12H25NO4S. The number of rotatable bonds is 7. The van der Waals surface area contributed by atoms with Crippen LogP contribution in [0, 0.1) is 0 Å². The van der Waals surface area contributed by atoms with E-state index in [1.165, 1.54) is 0 Å². The number of hydrogen-bond donors (Lipinski definition) is 2. The van der Waals surface area contributed by atoms with E-state index in [9.17, 15) is 13.5 Å². The van der Waals surface area contributed by atoms with Crippen LogP contribution < -0.4 is 5.32 Å². The topological polar surface area (TPSA) is 75.6 Å². The highest BCUT2D eigenvalue weighted by Gasteiger charge is 2.26. The second-order valence-corrected chi connectivity index (χ2v) is 7.74. The van der Waals surface area contributed by atoms with Gasteiger partial charge in [0.2, 0.25) is 0 Å². The minimum absolute atomic E-state index is 0.161. The first-order valence-corrected chi connectivity index (χ1v) is 8.41. The lowest BCUT2D eigenvalue weighted by Gasteiger charge is -2.31. The maximum Gasteiger partial charge on any atom is 0.150 e. The van der Waals surface area contributed by atoms with Crippen LogP contribution in [0.4, 0.5) is 0 Å². The fraction of sp³-hybridized carbons (Fsp3) is 1.00. The Kier molecular flexibility index (Phi) is 6.04. The van der Waals surface area contributed by atoms with Gasteiger partial charge in [-0.1, -0.05) is 6.92 Å². The average molecular weight is 279 g/mol. The van der Waals surface area contributed by atoms with Gasteiger partial charge in [0.15, 0.2) is 0 Å². The molecule has 1 aliphatic heterocycles. The van der Waals surface area contributed by atoms with Gasteiger partial charge in [0.25, 0.3) is 0 Å². The number of sulfone groups is 1. The normalized spacial score (nSPS) is 24.7. The summed E-state index contributed by atoms with van der Waals surface area (Å²) in [5.74, 6) is 0.335. The molecule has 6 heteroatoms. The highest BCUT2D eigenvalue weighted by atomic mass is 32.2. The number of morpholine rings is 1. The molecule has 1 heterocycles. The van der Waals surface area contributed by atoms with Crippen molar-refractivity contribution in [1.82, 2.24) is 5.32 Å². The first-order valence-electron chi connectivity index (χ1n) is 6.58. The molecule has 5 nitrogen and oxygen atoms in total. The van der Waals surface area contributed by atoms with Gasteiger partial charge in [-0.05, 0) is 26.2 Å². The third-order valence-electron chi connectivity index (χ3n) is 3.30. The first kappa shape index (κ1) is 15.9. The van der Waals surface area contributed by atoms with Crippen LogP contribution in [0.3, 0.4) is 0 Å². The number of aliphatic hydroxyl groups is 1. The lowest BCUT2D eigenvalue weighted by atomic mass is 9.92. The summed E-state index contributed by atoms with van der Waals surface area (Å²) in [7, 11) is -2.93. The molecule has 0 aliphatic carbocycles. The number of nitrogens with one attached hydrogen (secondary N) is 1. The molecule has 1 rings (SSSR count). The van der Waals surface area contributed by atoms with Crippen LogP contribution >= 0.6 is 0 Å². The molecule has 0 bridgehead atoms. The summed E-state index contributed by atoms with van der Waals surface area (Å²) in [6, 6.07) is 0.163. The molecule has 18 heavy (non-hydrogen) atoms. The number of ether oxygens (including phenoxy) is 1. The second-order valence-electron chi connectivity index (χ2n) is 5.27. The molecule has 1 fully saturated rings. The van der Waals surface area contributed by atoms with Crippen LogP contribution in [0.25, 0.3) is 0 Å². The van der Waals surface area contributed by atoms with Crippen LogP contribution in [0.1, 0.15) is 33.1 Å². The van der Waals surface area contributed by atoms with Crippen molar-refractivity contribution < 1.29 is 18.3 Å². The van der Waals surface area contributed by atoms with Crippen LogP contribution in [0.15, 0.2) is 0 Å². The Morgan fingerprint density at radius 1 is 1.50 bits per heavy atom. The molecule has 2 unspecified atom stereocenters. The lowest BCUT2D eigenvalue weighted by molar-refractivity contribution is 0.000724. The zero-order valence-electron chi connectivity index (χ0n) is 11.3. The molecule has 1 aliphatic rings. The minimum Gasteiger partial charge on any atom is -0.390 e. The Labute approximate surface area is 110 Å². The Balaban J connectivity index is 2.30. The monoisotopic (exact) mass is 279 g/mol. The van der Waals surface area contributed by atoms with E-state index in [1.807, 2.05) is 0 Å². The lowest BCUT2D eigenvalue weighted by Crippen LogP contribution is -2.46. The molecule has 2 N–H and O–H groups in total. The van der Waals surface area contributed by atoms with E-state index < -0.39 is 15.4 Å². The fourth-order valence-electron chi connectivity index (χ4n) is 2.20. The molecule has 0 spiro atoms. The molecule has 0 radical (unpaired) electrons. The highest BCUT2D eigenvalue weighted by Crippen LogP contribution is 2.20. The van der Waals surface area contributed by atoms with Crippen molar-refractivity contribution in [3.05, 3.63) is 0 Å². The van der Waals surface area contributed by atoms with Crippen LogP contribution in [-0.4, -0.2) is 56.4 Å². The van der Waals surface area contributed by atoms with Gasteiger partial charge in [-0.2, -0.15) is 0 Å². The van der Waals surface area contributed by atoms with E-state index in [0.29, 0.717) is 32.5 Å². The maximum atomic E-state index is 11.4. The van der Waals surface area contributed by atoms with Crippen molar-refractivity contribution in [3.63, 3.8) is 0 Å². The van der Waals surface area contributed by atoms with Gasteiger partial charge in [-0.3, -0.25) is 0 Å². The third-order valence-corrected chi connectivity index (χ3v) is 5.09. The minimum atomic E-state index is -2.93. The predicted octanol–water partition coefficient (Wildman–Crippen LogP) is 0.331. The largest absolute Gasteiger partial charge is 0.390 e. The van der Waals surface area contributed by atoms with E-state index in [-0.39, 0.29) is 17.5 Å². The molecule has 0 aromatic carbocycles. The average Bonchev–Trinajstić information content (AvgIpc) is 2.29. The van der Waals surface area contributed by atoms with Crippen molar-refractivity contribution in [2.24, 2.45) is 0 Å². The summed E-state index contributed by atoms with van der Waals surface area (Å²) in [4.78, 5) is 0. The molecule has 0 saturated carbocycles. The predicted molar refractivity (Wildman–Crippen MR) is 71.4 cm³/mol. The van der Waals surface area contributed by atoms with Crippen molar-refractivity contribution >= 4 is 9.84 Å². The summed E-state index contributed by atoms with van der Waals surface area (Å²) in [5.41, 5.74) is -0.832. The standard InChI is InChI=1S/C12H25NO4S/c1-3-18(15,16)8-4-5-12(2,14)9-11-10-17-7-6-13-11/h11,13-14H,3-10H2,1-2H3. The van der Waals surface area contributed by atoms with Gasteiger partial charge in [0.05, 0.1) is 24.6 Å². The SMILES string of the molecule is CCS(=O)(=O)CCCC(C)(O)CC1COCCN1. The second kappa shape index (κ2) is 6.84. The number of hydrogen-bond acceptors (Lipinski definition) is 5. The van der Waals surface area contributed by atoms with Crippen molar-refractivity contribution in [3.8, 4) is 0 Å². The van der Waals surface area contributed by atoms with Gasteiger partial charge in [0, 0.05) is 18.3 Å². The van der Waals surface area contributed by atoms with Gasteiger partial charge in [-0.25, -0.2) is 8.42 Å². The summed E-state index contributed by atoms with van der Waals surface area (Å²) < 4.78 is 28.1. The summed E-state index contributed by atoms with van der Waals surface area (Å²) in [5, 5.41) is 13.5. The summed E-state index contributed by atoms with van der Waals surface area (Å²) >= 11 is 0. The molecular weight excluding hydrogens is 254 g/mol. The first-order chi connectivity index (χ1) is 8.35. The molecule has 108 valence electrons. The Bertz CT molecular complexity index is 334. The van der Waals surface area contributed by atoms with Gasteiger partial charge in [0.1, 0.15) is 9.84 Å². The van der Waals surface area contributed by atoms with Crippen molar-refractivity contribution in [2.45, 2.75) is 44.8 Å². The molecule has 1 saturated heterocycles.